The van der Waals surface area contributed by atoms with Gasteiger partial charge in [-0.05, 0) is 44.1 Å². The molecular weight excluding hydrogens is 322 g/mol. The Kier molecular flexibility index (Phi) is 4.37. The quantitative estimate of drug-likeness (QED) is 0.695. The van der Waals surface area contributed by atoms with Gasteiger partial charge < -0.3 is 10.1 Å². The monoisotopic (exact) mass is 345 g/mol. The Morgan fingerprint density at radius 1 is 1.46 bits per heavy atom. The summed E-state index contributed by atoms with van der Waals surface area (Å²) in [4.78, 5) is 11.9. The van der Waals surface area contributed by atoms with Crippen LogP contribution in [0.15, 0.2) is 6.33 Å². The van der Waals surface area contributed by atoms with Crippen LogP contribution in [0.4, 0.5) is 5.95 Å². The third-order valence-corrected chi connectivity index (χ3v) is 5.81. The van der Waals surface area contributed by atoms with E-state index in [0.29, 0.717) is 0 Å². The van der Waals surface area contributed by atoms with Crippen LogP contribution in [0, 0.1) is 5.92 Å². The molecule has 0 fully saturated rings. The fourth-order valence-corrected chi connectivity index (χ4v) is 4.61. The first-order chi connectivity index (χ1) is 11.8. The maximum absolute atomic E-state index is 5.39. The fraction of sp³-hybridized carbons (Fsp3) is 0.588. The van der Waals surface area contributed by atoms with Gasteiger partial charge in [-0.25, -0.2) is 9.97 Å². The van der Waals surface area contributed by atoms with Crippen molar-refractivity contribution < 1.29 is 4.74 Å². The molecule has 1 aliphatic rings. The summed E-state index contributed by atoms with van der Waals surface area (Å²) in [5.41, 5.74) is 2.38. The molecule has 0 unspecified atom stereocenters. The van der Waals surface area contributed by atoms with Crippen molar-refractivity contribution in [2.24, 2.45) is 5.92 Å². The summed E-state index contributed by atoms with van der Waals surface area (Å²) < 4.78 is 7.23. The molecule has 1 N–H and O–H groups in total. The molecular formula is C17H23N5OS. The van der Waals surface area contributed by atoms with Gasteiger partial charge in [0.25, 0.3) is 0 Å². The topological polar surface area (TPSA) is 64.3 Å². The minimum absolute atomic E-state index is 0.731. The number of ether oxygens (including phenoxy) is 1. The van der Waals surface area contributed by atoms with E-state index in [1.807, 2.05) is 22.8 Å². The predicted octanol–water partition coefficient (Wildman–Crippen LogP) is 3.30. The van der Waals surface area contributed by atoms with Crippen LogP contribution in [0.25, 0.3) is 15.9 Å². The van der Waals surface area contributed by atoms with E-state index in [4.69, 9.17) is 9.72 Å². The van der Waals surface area contributed by atoms with Gasteiger partial charge in [0.05, 0.1) is 5.39 Å². The minimum atomic E-state index is 0.731. The molecule has 7 heteroatoms. The van der Waals surface area contributed by atoms with Gasteiger partial charge in [0.1, 0.15) is 11.2 Å². The maximum Gasteiger partial charge on any atom is 0.227 e. The van der Waals surface area contributed by atoms with Gasteiger partial charge >= 0.3 is 0 Å². The number of rotatable bonds is 6. The van der Waals surface area contributed by atoms with Crippen molar-refractivity contribution in [3.63, 3.8) is 0 Å². The lowest BCUT2D eigenvalue weighted by Gasteiger charge is -2.17. The number of hydrogen-bond acceptors (Lipinski definition) is 6. The molecule has 0 saturated heterocycles. The Morgan fingerprint density at radius 3 is 3.25 bits per heavy atom. The Morgan fingerprint density at radius 2 is 2.38 bits per heavy atom. The van der Waals surface area contributed by atoms with Crippen LogP contribution in [0.2, 0.25) is 0 Å². The summed E-state index contributed by atoms with van der Waals surface area (Å²) >= 11 is 1.82. The molecule has 0 saturated carbocycles. The Labute approximate surface area is 145 Å². The van der Waals surface area contributed by atoms with E-state index in [-0.39, 0.29) is 0 Å². The predicted molar refractivity (Wildman–Crippen MR) is 97.0 cm³/mol. The second-order valence-corrected chi connectivity index (χ2v) is 7.52. The van der Waals surface area contributed by atoms with Gasteiger partial charge in [-0.2, -0.15) is 9.61 Å². The van der Waals surface area contributed by atoms with Gasteiger partial charge in [-0.1, -0.05) is 6.92 Å². The standard InChI is InChI=1S/C17H23N5OS/c1-3-23-8-4-7-18-17-21-16-14(15-19-10-20-22(15)17)12-9-11(2)5-6-13(12)24-16/h10-11H,3-9H2,1-2H3,(H,18,21)/t11-/m0/s1. The molecule has 1 atom stereocenters. The summed E-state index contributed by atoms with van der Waals surface area (Å²) in [7, 11) is 0. The maximum atomic E-state index is 5.39. The SMILES string of the molecule is CCOCCCNc1nc2sc3c(c2c2ncnn12)C[C@@H](C)CC3. The average Bonchev–Trinajstić information content (AvgIpc) is 3.18. The van der Waals surface area contributed by atoms with Crippen LogP contribution in [0.3, 0.4) is 0 Å². The molecule has 0 bridgehead atoms. The summed E-state index contributed by atoms with van der Waals surface area (Å²) in [5, 5.41) is 8.98. The molecule has 0 aliphatic heterocycles. The van der Waals surface area contributed by atoms with Gasteiger partial charge in [0, 0.05) is 24.6 Å². The van der Waals surface area contributed by atoms with Crippen molar-refractivity contribution in [1.29, 1.82) is 0 Å². The van der Waals surface area contributed by atoms with Crippen molar-refractivity contribution in [2.75, 3.05) is 25.1 Å². The highest BCUT2D eigenvalue weighted by atomic mass is 32.1. The molecule has 3 heterocycles. The third kappa shape index (κ3) is 2.75. The molecule has 0 aromatic carbocycles. The van der Waals surface area contributed by atoms with E-state index in [9.17, 15) is 0 Å². The number of fused-ring (bicyclic) bond motifs is 5. The molecule has 3 aromatic rings. The molecule has 0 radical (unpaired) electrons. The number of hydrogen-bond donors (Lipinski definition) is 1. The third-order valence-electron chi connectivity index (χ3n) is 4.62. The zero-order chi connectivity index (χ0) is 16.5. The van der Waals surface area contributed by atoms with Crippen LogP contribution in [-0.2, 0) is 17.6 Å². The van der Waals surface area contributed by atoms with Crippen molar-refractivity contribution in [3.05, 3.63) is 16.8 Å². The Hall–Kier alpha value is -1.73. The summed E-state index contributed by atoms with van der Waals surface area (Å²) in [6.45, 7) is 6.68. The lowest BCUT2D eigenvalue weighted by Crippen LogP contribution is -2.12. The van der Waals surface area contributed by atoms with Crippen LogP contribution in [-0.4, -0.2) is 39.3 Å². The van der Waals surface area contributed by atoms with Gasteiger partial charge in [-0.3, -0.25) is 0 Å². The lowest BCUT2D eigenvalue weighted by atomic mass is 9.89. The molecule has 1 aliphatic carbocycles. The highest BCUT2D eigenvalue weighted by Gasteiger charge is 2.24. The molecule has 24 heavy (non-hydrogen) atoms. The highest BCUT2D eigenvalue weighted by molar-refractivity contribution is 7.19. The zero-order valence-electron chi connectivity index (χ0n) is 14.2. The van der Waals surface area contributed by atoms with Crippen molar-refractivity contribution in [1.82, 2.24) is 19.6 Å². The number of aromatic nitrogens is 4. The zero-order valence-corrected chi connectivity index (χ0v) is 15.0. The van der Waals surface area contributed by atoms with E-state index < -0.39 is 0 Å². The first-order valence-corrected chi connectivity index (χ1v) is 9.55. The van der Waals surface area contributed by atoms with E-state index >= 15 is 0 Å². The second kappa shape index (κ2) is 6.64. The van der Waals surface area contributed by atoms with Crippen molar-refractivity contribution >= 4 is 33.1 Å². The average molecular weight is 345 g/mol. The smallest absolute Gasteiger partial charge is 0.227 e. The first-order valence-electron chi connectivity index (χ1n) is 8.73. The Balaban J connectivity index is 1.69. The minimum Gasteiger partial charge on any atom is -0.382 e. The van der Waals surface area contributed by atoms with Gasteiger partial charge in [0.2, 0.25) is 5.95 Å². The van der Waals surface area contributed by atoms with Crippen LogP contribution in [0.5, 0.6) is 0 Å². The van der Waals surface area contributed by atoms with E-state index in [1.54, 1.807) is 6.33 Å². The summed E-state index contributed by atoms with van der Waals surface area (Å²) in [6, 6.07) is 0. The molecule has 6 nitrogen and oxygen atoms in total. The number of nitrogens with one attached hydrogen (secondary N) is 1. The summed E-state index contributed by atoms with van der Waals surface area (Å²) in [6.07, 6.45) is 6.13. The molecule has 3 aromatic heterocycles. The second-order valence-electron chi connectivity index (χ2n) is 6.44. The highest BCUT2D eigenvalue weighted by Crippen LogP contribution is 2.39. The number of anilines is 1. The number of thiophene rings is 1. The van der Waals surface area contributed by atoms with Crippen LogP contribution >= 0.6 is 11.3 Å². The first kappa shape index (κ1) is 15.8. The number of aryl methyl sites for hydroxylation is 1. The summed E-state index contributed by atoms with van der Waals surface area (Å²) in [5.74, 6) is 1.51. The van der Waals surface area contributed by atoms with Crippen molar-refractivity contribution in [2.45, 2.75) is 39.5 Å². The van der Waals surface area contributed by atoms with Crippen LogP contribution < -0.4 is 5.32 Å². The fourth-order valence-electron chi connectivity index (χ4n) is 3.40. The lowest BCUT2D eigenvalue weighted by molar-refractivity contribution is 0.147. The molecule has 128 valence electrons. The number of nitrogens with zero attached hydrogens (tertiary/aromatic N) is 4. The van der Waals surface area contributed by atoms with Gasteiger partial charge in [-0.15, -0.1) is 11.3 Å². The normalized spacial score (nSPS) is 17.5. The Bertz CT molecular complexity index is 856. The van der Waals surface area contributed by atoms with Gasteiger partial charge in [0.15, 0.2) is 5.65 Å². The van der Waals surface area contributed by atoms with E-state index in [0.717, 1.165) is 61.4 Å². The molecule has 4 rings (SSSR count). The molecule has 0 amide bonds. The van der Waals surface area contributed by atoms with E-state index in [2.05, 4.69) is 22.3 Å². The molecule has 0 spiro atoms. The largest absolute Gasteiger partial charge is 0.382 e. The van der Waals surface area contributed by atoms with Crippen LogP contribution in [0.1, 0.15) is 37.1 Å². The van der Waals surface area contributed by atoms with E-state index in [1.165, 1.54) is 22.2 Å². The van der Waals surface area contributed by atoms with Crippen molar-refractivity contribution in [3.8, 4) is 0 Å².